The fourth-order valence-electron chi connectivity index (χ4n) is 1.56. The molecule has 0 heterocycles. The van der Waals surface area contributed by atoms with Crippen LogP contribution in [-0.4, -0.2) is 32.1 Å². The Balaban J connectivity index is 3.00. The minimum Gasteiger partial charge on any atom is -0.495 e. The fourth-order valence-corrected chi connectivity index (χ4v) is 2.22. The highest BCUT2D eigenvalue weighted by Gasteiger charge is 2.19. The number of carbonyl (C=O) groups is 1. The maximum atomic E-state index is 12.2. The molecule has 0 fully saturated rings. The topological polar surface area (TPSA) is 47.6 Å². The molecule has 5 heteroatoms. The zero-order valence-electron chi connectivity index (χ0n) is 12.0. The molecule has 0 radical (unpaired) electrons. The second-order valence-corrected chi connectivity index (χ2v) is 5.98. The standard InChI is InChI=1S/C14H20BrNO3/c1-14(2,3)16-8-10(17)9-6-7-11(18-4)12(15)13(9)19-5/h6-7,16H,8H2,1-5H3. The van der Waals surface area contributed by atoms with Gasteiger partial charge in [0.2, 0.25) is 0 Å². The Kier molecular flexibility index (Phi) is 5.38. The molecule has 0 atom stereocenters. The number of benzene rings is 1. The Morgan fingerprint density at radius 1 is 1.26 bits per heavy atom. The van der Waals surface area contributed by atoms with Crippen molar-refractivity contribution in [3.8, 4) is 11.5 Å². The first-order valence-electron chi connectivity index (χ1n) is 5.99. The van der Waals surface area contributed by atoms with Crippen LogP contribution in [-0.2, 0) is 0 Å². The van der Waals surface area contributed by atoms with E-state index in [1.807, 2.05) is 20.8 Å². The van der Waals surface area contributed by atoms with Crippen molar-refractivity contribution in [3.05, 3.63) is 22.2 Å². The summed E-state index contributed by atoms with van der Waals surface area (Å²) < 4.78 is 11.1. The van der Waals surface area contributed by atoms with Gasteiger partial charge >= 0.3 is 0 Å². The number of carbonyl (C=O) groups excluding carboxylic acids is 1. The Morgan fingerprint density at radius 2 is 1.89 bits per heavy atom. The lowest BCUT2D eigenvalue weighted by Crippen LogP contribution is -2.39. The van der Waals surface area contributed by atoms with E-state index in [0.717, 1.165) is 0 Å². The van der Waals surface area contributed by atoms with Crippen LogP contribution >= 0.6 is 15.9 Å². The number of Topliss-reactive ketones (excluding diaryl/α,β-unsaturated/α-hetero) is 1. The molecule has 0 bridgehead atoms. The SMILES string of the molecule is COc1ccc(C(=O)CNC(C)(C)C)c(OC)c1Br. The summed E-state index contributed by atoms with van der Waals surface area (Å²) in [5.74, 6) is 1.12. The molecular formula is C14H20BrNO3. The number of halogens is 1. The maximum absolute atomic E-state index is 12.2. The normalized spacial score (nSPS) is 11.3. The van der Waals surface area contributed by atoms with E-state index in [-0.39, 0.29) is 17.9 Å². The van der Waals surface area contributed by atoms with Gasteiger partial charge in [0.25, 0.3) is 0 Å². The Hall–Kier alpha value is -1.07. The number of hydrogen-bond donors (Lipinski definition) is 1. The quantitative estimate of drug-likeness (QED) is 0.843. The van der Waals surface area contributed by atoms with E-state index in [4.69, 9.17) is 9.47 Å². The molecule has 0 spiro atoms. The molecule has 1 aromatic carbocycles. The monoisotopic (exact) mass is 329 g/mol. The Bertz CT molecular complexity index is 466. The van der Waals surface area contributed by atoms with Gasteiger partial charge < -0.3 is 14.8 Å². The molecule has 0 amide bonds. The number of nitrogens with one attached hydrogen (secondary N) is 1. The van der Waals surface area contributed by atoms with E-state index < -0.39 is 0 Å². The minimum absolute atomic E-state index is 0.0184. The van der Waals surface area contributed by atoms with Crippen LogP contribution in [0.1, 0.15) is 31.1 Å². The molecule has 0 unspecified atom stereocenters. The highest BCUT2D eigenvalue weighted by atomic mass is 79.9. The largest absolute Gasteiger partial charge is 0.495 e. The zero-order valence-corrected chi connectivity index (χ0v) is 13.6. The van der Waals surface area contributed by atoms with Crippen LogP contribution in [0.2, 0.25) is 0 Å². The molecule has 1 aromatic rings. The molecule has 1 rings (SSSR count). The number of ketones is 1. The first kappa shape index (κ1) is 16.0. The predicted molar refractivity (Wildman–Crippen MR) is 79.3 cm³/mol. The van der Waals surface area contributed by atoms with Crippen LogP contribution in [0.25, 0.3) is 0 Å². The van der Waals surface area contributed by atoms with E-state index in [1.54, 1.807) is 19.2 Å². The lowest BCUT2D eigenvalue weighted by molar-refractivity contribution is 0.0979. The summed E-state index contributed by atoms with van der Waals surface area (Å²) >= 11 is 3.39. The smallest absolute Gasteiger partial charge is 0.180 e. The summed E-state index contributed by atoms with van der Waals surface area (Å²) in [7, 11) is 3.11. The van der Waals surface area contributed by atoms with Crippen LogP contribution in [0.4, 0.5) is 0 Å². The average molecular weight is 330 g/mol. The molecular weight excluding hydrogens is 310 g/mol. The highest BCUT2D eigenvalue weighted by molar-refractivity contribution is 9.10. The van der Waals surface area contributed by atoms with Crippen LogP contribution in [0.15, 0.2) is 16.6 Å². The van der Waals surface area contributed by atoms with Gasteiger partial charge in [0, 0.05) is 5.54 Å². The van der Waals surface area contributed by atoms with Gasteiger partial charge in [-0.05, 0) is 48.8 Å². The number of rotatable bonds is 5. The van der Waals surface area contributed by atoms with Crippen LogP contribution in [0, 0.1) is 0 Å². The summed E-state index contributed by atoms with van der Waals surface area (Å²) in [6, 6.07) is 3.46. The predicted octanol–water partition coefficient (Wildman–Crippen LogP) is 3.04. The maximum Gasteiger partial charge on any atom is 0.180 e. The Morgan fingerprint density at radius 3 is 2.37 bits per heavy atom. The fraction of sp³-hybridized carbons (Fsp3) is 0.500. The van der Waals surface area contributed by atoms with Crippen molar-refractivity contribution in [2.45, 2.75) is 26.3 Å². The third kappa shape index (κ3) is 4.21. The highest BCUT2D eigenvalue weighted by Crippen LogP contribution is 2.37. The van der Waals surface area contributed by atoms with Crippen molar-refractivity contribution in [1.29, 1.82) is 0 Å². The number of methoxy groups -OCH3 is 2. The molecule has 4 nitrogen and oxygen atoms in total. The van der Waals surface area contributed by atoms with E-state index in [0.29, 0.717) is 21.5 Å². The molecule has 0 aliphatic heterocycles. The molecule has 0 aliphatic rings. The van der Waals surface area contributed by atoms with Gasteiger partial charge in [-0.3, -0.25) is 4.79 Å². The van der Waals surface area contributed by atoms with Gasteiger partial charge in [-0.25, -0.2) is 0 Å². The molecule has 0 aliphatic carbocycles. The lowest BCUT2D eigenvalue weighted by Gasteiger charge is -2.20. The van der Waals surface area contributed by atoms with Crippen molar-refractivity contribution >= 4 is 21.7 Å². The van der Waals surface area contributed by atoms with Gasteiger partial charge in [0.15, 0.2) is 5.78 Å². The van der Waals surface area contributed by atoms with Crippen LogP contribution in [0.3, 0.4) is 0 Å². The van der Waals surface area contributed by atoms with Crippen LogP contribution in [0.5, 0.6) is 11.5 Å². The molecule has 0 saturated heterocycles. The summed E-state index contributed by atoms with van der Waals surface area (Å²) in [6.07, 6.45) is 0. The second-order valence-electron chi connectivity index (χ2n) is 5.19. The second kappa shape index (κ2) is 6.39. The molecule has 106 valence electrons. The first-order chi connectivity index (χ1) is 8.80. The first-order valence-corrected chi connectivity index (χ1v) is 6.78. The van der Waals surface area contributed by atoms with E-state index in [1.165, 1.54) is 7.11 Å². The third-order valence-electron chi connectivity index (χ3n) is 2.57. The van der Waals surface area contributed by atoms with Gasteiger partial charge in [-0.2, -0.15) is 0 Å². The summed E-state index contributed by atoms with van der Waals surface area (Å²) in [5, 5.41) is 3.17. The number of hydrogen-bond acceptors (Lipinski definition) is 4. The molecule has 0 aromatic heterocycles. The molecule has 0 saturated carbocycles. The van der Waals surface area contributed by atoms with Crippen molar-refractivity contribution in [1.82, 2.24) is 5.32 Å². The van der Waals surface area contributed by atoms with Gasteiger partial charge in [0.05, 0.1) is 26.3 Å². The van der Waals surface area contributed by atoms with Crippen molar-refractivity contribution in [2.24, 2.45) is 0 Å². The molecule has 19 heavy (non-hydrogen) atoms. The van der Waals surface area contributed by atoms with E-state index in [2.05, 4.69) is 21.2 Å². The lowest BCUT2D eigenvalue weighted by atomic mass is 10.1. The van der Waals surface area contributed by atoms with E-state index >= 15 is 0 Å². The average Bonchev–Trinajstić information content (AvgIpc) is 2.34. The number of ether oxygens (including phenoxy) is 2. The van der Waals surface area contributed by atoms with Crippen molar-refractivity contribution < 1.29 is 14.3 Å². The van der Waals surface area contributed by atoms with Gasteiger partial charge in [-0.1, -0.05) is 0 Å². The summed E-state index contributed by atoms with van der Waals surface area (Å²) in [5.41, 5.74) is 0.430. The zero-order chi connectivity index (χ0) is 14.6. The van der Waals surface area contributed by atoms with Crippen molar-refractivity contribution in [2.75, 3.05) is 20.8 Å². The Labute approximate surface area is 122 Å². The van der Waals surface area contributed by atoms with Gasteiger partial charge in [0.1, 0.15) is 16.0 Å². The van der Waals surface area contributed by atoms with Crippen molar-refractivity contribution in [3.63, 3.8) is 0 Å². The van der Waals surface area contributed by atoms with E-state index in [9.17, 15) is 4.79 Å². The van der Waals surface area contributed by atoms with Gasteiger partial charge in [-0.15, -0.1) is 0 Å². The molecule has 1 N–H and O–H groups in total. The third-order valence-corrected chi connectivity index (χ3v) is 3.32. The summed E-state index contributed by atoms with van der Waals surface area (Å²) in [4.78, 5) is 12.2. The summed E-state index contributed by atoms with van der Waals surface area (Å²) in [6.45, 7) is 6.31. The minimum atomic E-state index is -0.105. The van der Waals surface area contributed by atoms with Crippen LogP contribution < -0.4 is 14.8 Å².